The average molecular weight is 422 g/mol. The number of hydrogen-bond acceptors (Lipinski definition) is 2. The number of nitrogens with one attached hydrogen (secondary N) is 2. The first-order valence-corrected chi connectivity index (χ1v) is 6.95. The van der Waals surface area contributed by atoms with Crippen LogP contribution < -0.4 is 10.6 Å². The van der Waals surface area contributed by atoms with E-state index in [0.717, 1.165) is 5.56 Å². The van der Waals surface area contributed by atoms with Crippen LogP contribution in [0.2, 0.25) is 0 Å². The number of benzene rings is 1. The van der Waals surface area contributed by atoms with Crippen molar-refractivity contribution in [3.8, 4) is 0 Å². The zero-order valence-corrected chi connectivity index (χ0v) is 15.3. The zero-order valence-electron chi connectivity index (χ0n) is 13.0. The van der Waals surface area contributed by atoms with Crippen LogP contribution in [0.15, 0.2) is 35.3 Å². The van der Waals surface area contributed by atoms with Gasteiger partial charge in [-0.3, -0.25) is 9.18 Å². The van der Waals surface area contributed by atoms with Crippen molar-refractivity contribution in [2.75, 3.05) is 33.9 Å². The molecule has 0 aliphatic carbocycles. The van der Waals surface area contributed by atoms with Crippen molar-refractivity contribution in [2.24, 2.45) is 4.99 Å². The molecule has 0 aliphatic rings. The molecule has 0 spiro atoms. The number of rotatable bonds is 7. The molecule has 0 radical (unpaired) electrons. The molecule has 0 aliphatic heterocycles. The molecule has 2 N–H and O–H groups in total. The van der Waals surface area contributed by atoms with Crippen LogP contribution in [0, 0.1) is 0 Å². The summed E-state index contributed by atoms with van der Waals surface area (Å²) in [6, 6.07) is 9.80. The molecule has 1 rings (SSSR count). The van der Waals surface area contributed by atoms with E-state index >= 15 is 0 Å². The van der Waals surface area contributed by atoms with E-state index in [4.69, 9.17) is 0 Å². The Morgan fingerprint density at radius 2 is 1.91 bits per heavy atom. The molecule has 5 nitrogen and oxygen atoms in total. The summed E-state index contributed by atoms with van der Waals surface area (Å²) < 4.78 is 12.2. The summed E-state index contributed by atoms with van der Waals surface area (Å²) in [6.45, 7) is 0.758. The minimum absolute atomic E-state index is 0. The van der Waals surface area contributed by atoms with Crippen LogP contribution in [0.3, 0.4) is 0 Å². The van der Waals surface area contributed by atoms with Crippen LogP contribution in [0.5, 0.6) is 0 Å². The van der Waals surface area contributed by atoms with E-state index in [1.807, 2.05) is 30.3 Å². The molecule has 0 saturated carbocycles. The number of carbonyl (C=O) groups is 1. The van der Waals surface area contributed by atoms with Crippen LogP contribution in [-0.2, 0) is 11.3 Å². The topological polar surface area (TPSA) is 56.7 Å². The Morgan fingerprint density at radius 3 is 2.50 bits per heavy atom. The minimum atomic E-state index is -0.379. The molecular weight excluding hydrogens is 398 g/mol. The molecule has 0 heterocycles. The first kappa shape index (κ1) is 20.6. The molecule has 22 heavy (non-hydrogen) atoms. The summed E-state index contributed by atoms with van der Waals surface area (Å²) in [7, 11) is 3.39. The lowest BCUT2D eigenvalue weighted by molar-refractivity contribution is -0.127. The lowest BCUT2D eigenvalue weighted by atomic mass is 10.2. The highest BCUT2D eigenvalue weighted by molar-refractivity contribution is 14.0. The molecule has 124 valence electrons. The number of guanidine groups is 1. The Kier molecular flexibility index (Phi) is 11.4. The summed E-state index contributed by atoms with van der Waals surface area (Å²) in [5.74, 6) is 0.470. The highest BCUT2D eigenvalue weighted by Gasteiger charge is 2.05. The summed E-state index contributed by atoms with van der Waals surface area (Å²) in [5.41, 5.74) is 1.07. The summed E-state index contributed by atoms with van der Waals surface area (Å²) in [6.07, 6.45) is 0.410. The van der Waals surface area contributed by atoms with E-state index in [1.54, 1.807) is 14.1 Å². The Balaban J connectivity index is 0.00000441. The van der Waals surface area contributed by atoms with E-state index in [2.05, 4.69) is 15.6 Å². The van der Waals surface area contributed by atoms with Crippen molar-refractivity contribution in [1.82, 2.24) is 15.5 Å². The van der Waals surface area contributed by atoms with Crippen LogP contribution >= 0.6 is 24.0 Å². The fourth-order valence-corrected chi connectivity index (χ4v) is 1.52. The van der Waals surface area contributed by atoms with Gasteiger partial charge in [-0.15, -0.1) is 24.0 Å². The maximum absolute atomic E-state index is 12.2. The van der Waals surface area contributed by atoms with Crippen LogP contribution in [0.1, 0.15) is 12.0 Å². The van der Waals surface area contributed by atoms with Crippen molar-refractivity contribution in [2.45, 2.75) is 13.0 Å². The molecule has 0 aromatic heterocycles. The number of nitrogens with zero attached hydrogens (tertiary/aromatic N) is 2. The van der Waals surface area contributed by atoms with Crippen molar-refractivity contribution in [3.63, 3.8) is 0 Å². The minimum Gasteiger partial charge on any atom is -0.356 e. The van der Waals surface area contributed by atoms with Crippen molar-refractivity contribution in [1.29, 1.82) is 0 Å². The number of halogens is 2. The van der Waals surface area contributed by atoms with Crippen molar-refractivity contribution in [3.05, 3.63) is 35.9 Å². The maximum atomic E-state index is 12.2. The SMILES string of the molecule is CN(C)C(=O)CNC(=NCc1ccccc1)NCCCF.I. The largest absolute Gasteiger partial charge is 0.356 e. The molecule has 0 atom stereocenters. The van der Waals surface area contributed by atoms with E-state index in [1.165, 1.54) is 4.90 Å². The number of likely N-dealkylation sites (N-methyl/N-ethyl adjacent to an activating group) is 1. The average Bonchev–Trinajstić information content (AvgIpc) is 2.50. The van der Waals surface area contributed by atoms with Gasteiger partial charge in [0.05, 0.1) is 19.8 Å². The molecule has 1 amide bonds. The summed E-state index contributed by atoms with van der Waals surface area (Å²) >= 11 is 0. The number of hydrogen-bond donors (Lipinski definition) is 2. The summed E-state index contributed by atoms with van der Waals surface area (Å²) in [5, 5.41) is 5.97. The first-order chi connectivity index (χ1) is 10.1. The van der Waals surface area contributed by atoms with Crippen molar-refractivity contribution >= 4 is 35.8 Å². The number of amides is 1. The standard InChI is InChI=1S/C15H23FN4O.HI/c1-20(2)14(21)12-19-15(17-10-6-9-16)18-11-13-7-4-3-5-8-13;/h3-5,7-8H,6,9-12H2,1-2H3,(H2,17,18,19);1H. The van der Waals surface area contributed by atoms with Crippen molar-refractivity contribution < 1.29 is 9.18 Å². The van der Waals surface area contributed by atoms with Gasteiger partial charge in [-0.25, -0.2) is 4.99 Å². The van der Waals surface area contributed by atoms with Gasteiger partial charge in [-0.05, 0) is 12.0 Å². The lowest BCUT2D eigenvalue weighted by Gasteiger charge is -2.14. The van der Waals surface area contributed by atoms with E-state index in [-0.39, 0.29) is 43.1 Å². The monoisotopic (exact) mass is 422 g/mol. The third-order valence-electron chi connectivity index (χ3n) is 2.77. The molecule has 7 heteroatoms. The lowest BCUT2D eigenvalue weighted by Crippen LogP contribution is -2.43. The highest BCUT2D eigenvalue weighted by Crippen LogP contribution is 1.99. The van der Waals surface area contributed by atoms with Gasteiger partial charge in [0.1, 0.15) is 0 Å². The van der Waals surface area contributed by atoms with Gasteiger partial charge in [0.2, 0.25) is 5.91 Å². The number of carbonyl (C=O) groups excluding carboxylic acids is 1. The second-order valence-electron chi connectivity index (χ2n) is 4.76. The third-order valence-corrected chi connectivity index (χ3v) is 2.77. The predicted molar refractivity (Wildman–Crippen MR) is 98.3 cm³/mol. The Morgan fingerprint density at radius 1 is 1.23 bits per heavy atom. The van der Waals surface area contributed by atoms with Gasteiger partial charge in [0.15, 0.2) is 5.96 Å². The van der Waals surface area contributed by atoms with E-state index in [9.17, 15) is 9.18 Å². The molecule has 0 unspecified atom stereocenters. The normalized spacial score (nSPS) is 10.6. The molecule has 1 aromatic rings. The number of aliphatic imine (C=N–C) groups is 1. The van der Waals surface area contributed by atoms with E-state index < -0.39 is 0 Å². The first-order valence-electron chi connectivity index (χ1n) is 6.95. The third kappa shape index (κ3) is 8.81. The molecule has 0 bridgehead atoms. The Hall–Kier alpha value is -1.38. The summed E-state index contributed by atoms with van der Waals surface area (Å²) in [4.78, 5) is 17.5. The fourth-order valence-electron chi connectivity index (χ4n) is 1.52. The zero-order chi connectivity index (χ0) is 15.5. The van der Waals surface area contributed by atoms with E-state index in [0.29, 0.717) is 25.5 Å². The predicted octanol–water partition coefficient (Wildman–Crippen LogP) is 1.79. The Bertz CT molecular complexity index is 454. The fraction of sp³-hybridized carbons (Fsp3) is 0.467. The van der Waals surface area contributed by atoms with Gasteiger partial charge in [-0.2, -0.15) is 0 Å². The van der Waals surface area contributed by atoms with Crippen LogP contribution in [0.25, 0.3) is 0 Å². The molecule has 0 saturated heterocycles. The van der Waals surface area contributed by atoms with Crippen LogP contribution in [0.4, 0.5) is 4.39 Å². The number of alkyl halides is 1. The quantitative estimate of drug-likeness (QED) is 0.305. The van der Waals surface area contributed by atoms with Crippen LogP contribution in [-0.4, -0.2) is 50.6 Å². The van der Waals surface area contributed by atoms with Gasteiger partial charge < -0.3 is 15.5 Å². The Labute approximate surface area is 148 Å². The van der Waals surface area contributed by atoms with Gasteiger partial charge in [0, 0.05) is 20.6 Å². The maximum Gasteiger partial charge on any atom is 0.241 e. The highest BCUT2D eigenvalue weighted by atomic mass is 127. The second-order valence-corrected chi connectivity index (χ2v) is 4.76. The molecule has 0 fully saturated rings. The smallest absolute Gasteiger partial charge is 0.241 e. The van der Waals surface area contributed by atoms with Gasteiger partial charge >= 0.3 is 0 Å². The second kappa shape index (κ2) is 12.2. The van der Waals surface area contributed by atoms with Gasteiger partial charge in [-0.1, -0.05) is 30.3 Å². The molecular formula is C15H24FIN4O. The van der Waals surface area contributed by atoms with Gasteiger partial charge in [0.25, 0.3) is 0 Å². The molecule has 1 aromatic carbocycles.